The first-order valence-electron chi connectivity index (χ1n) is 5.71. The second-order valence-electron chi connectivity index (χ2n) is 4.13. The summed E-state index contributed by atoms with van der Waals surface area (Å²) in [7, 11) is 0. The number of amides is 1. The number of benzene rings is 1. The quantitative estimate of drug-likeness (QED) is 0.371. The highest BCUT2D eigenvalue weighted by Gasteiger charge is 2.19. The van der Waals surface area contributed by atoms with Crippen molar-refractivity contribution in [2.75, 3.05) is 10.7 Å². The molecule has 1 amide bonds. The van der Waals surface area contributed by atoms with Crippen LogP contribution in [0.25, 0.3) is 0 Å². The number of rotatable bonds is 3. The summed E-state index contributed by atoms with van der Waals surface area (Å²) in [4.78, 5) is 11.4. The van der Waals surface area contributed by atoms with E-state index in [-0.39, 0.29) is 23.7 Å². The lowest BCUT2D eigenvalue weighted by molar-refractivity contribution is -0.116. The molecule has 8 heteroatoms. The molecule has 1 aromatic carbocycles. The lowest BCUT2D eigenvalue weighted by atomic mass is 10.0. The molecule has 5 N–H and O–H groups in total. The van der Waals surface area contributed by atoms with Crippen molar-refractivity contribution in [1.82, 2.24) is 0 Å². The molecule has 102 valence electrons. The minimum absolute atomic E-state index is 0.178. The van der Waals surface area contributed by atoms with Crippen molar-refractivity contribution < 1.29 is 9.18 Å². The maximum absolute atomic E-state index is 13.5. The maximum Gasteiger partial charge on any atom is 0.224 e. The number of halogens is 1. The second-order valence-corrected chi connectivity index (χ2v) is 4.13. The number of hydrogen-bond acceptors (Lipinski definition) is 5. The molecule has 0 aromatic heterocycles. The smallest absolute Gasteiger partial charge is 0.224 e. The molecule has 0 atom stereocenters. The monoisotopic (exact) mass is 274 g/mol. The number of carbonyl (C=O) groups is 1. The third-order valence-electron chi connectivity index (χ3n) is 2.72. The van der Waals surface area contributed by atoms with Crippen molar-refractivity contribution >= 4 is 28.8 Å². The van der Waals surface area contributed by atoms with Crippen molar-refractivity contribution in [3.8, 4) is 6.07 Å². The van der Waals surface area contributed by atoms with Gasteiger partial charge in [-0.3, -0.25) is 15.6 Å². The molecule has 0 spiro atoms. The number of fused-ring (bicyclic) bond motifs is 1. The van der Waals surface area contributed by atoms with Gasteiger partial charge in [-0.2, -0.15) is 10.4 Å². The number of nitrogens with two attached hydrogens (primary N) is 1. The highest BCUT2D eigenvalue weighted by Crippen LogP contribution is 2.31. The summed E-state index contributed by atoms with van der Waals surface area (Å²) in [5.74, 6) is -1.17. The van der Waals surface area contributed by atoms with Crippen LogP contribution >= 0.6 is 0 Å². The Morgan fingerprint density at radius 3 is 2.95 bits per heavy atom. The van der Waals surface area contributed by atoms with Gasteiger partial charge in [-0.1, -0.05) is 0 Å². The van der Waals surface area contributed by atoms with E-state index in [1.807, 2.05) is 0 Å². The molecule has 20 heavy (non-hydrogen) atoms. The van der Waals surface area contributed by atoms with Gasteiger partial charge in [-0.15, -0.1) is 0 Å². The summed E-state index contributed by atoms with van der Waals surface area (Å²) in [6, 6.07) is 4.11. The van der Waals surface area contributed by atoms with E-state index in [0.29, 0.717) is 17.7 Å². The standard InChI is InChI=1S/C12H11FN6O/c13-7-3-6-1-2-10(20)17-11(6)8(4-7)18-19-9(5-14)12(15)16/h3-4,18H,1-2H2,(H3,15,16)(H,17,20)/b19-9+. The van der Waals surface area contributed by atoms with Crippen LogP contribution in [0.2, 0.25) is 0 Å². The summed E-state index contributed by atoms with van der Waals surface area (Å²) in [6.07, 6.45) is 0.713. The van der Waals surface area contributed by atoms with E-state index in [1.54, 1.807) is 6.07 Å². The van der Waals surface area contributed by atoms with Crippen LogP contribution in [0, 0.1) is 22.6 Å². The molecule has 2 rings (SSSR count). The zero-order valence-electron chi connectivity index (χ0n) is 10.3. The van der Waals surface area contributed by atoms with Gasteiger partial charge in [-0.25, -0.2) is 4.39 Å². The normalized spacial score (nSPS) is 14.0. The maximum atomic E-state index is 13.5. The van der Waals surface area contributed by atoms with Crippen LogP contribution in [0.15, 0.2) is 17.2 Å². The molecule has 1 aromatic rings. The van der Waals surface area contributed by atoms with Gasteiger partial charge in [0.05, 0.1) is 11.4 Å². The van der Waals surface area contributed by atoms with Gasteiger partial charge in [0.25, 0.3) is 0 Å². The first kappa shape index (κ1) is 13.5. The highest BCUT2D eigenvalue weighted by molar-refractivity contribution is 6.45. The molecule has 1 aliphatic rings. The molecule has 0 aliphatic carbocycles. The lowest BCUT2D eigenvalue weighted by Crippen LogP contribution is -2.23. The van der Waals surface area contributed by atoms with Gasteiger partial charge in [0.15, 0.2) is 5.84 Å². The van der Waals surface area contributed by atoms with Gasteiger partial charge in [0.2, 0.25) is 11.6 Å². The van der Waals surface area contributed by atoms with E-state index in [9.17, 15) is 9.18 Å². The Labute approximate surface area is 113 Å². The molecule has 1 heterocycles. The van der Waals surface area contributed by atoms with Gasteiger partial charge in [0.1, 0.15) is 11.9 Å². The summed E-state index contributed by atoms with van der Waals surface area (Å²) in [6.45, 7) is 0. The Bertz CT molecular complexity index is 661. The zero-order valence-corrected chi connectivity index (χ0v) is 10.3. The molecule has 0 radical (unpaired) electrons. The van der Waals surface area contributed by atoms with Gasteiger partial charge in [0, 0.05) is 12.5 Å². The SMILES string of the molecule is N#C/C(=N\Nc1cc(F)cc2c1NC(=O)CC2)C(=N)N. The van der Waals surface area contributed by atoms with E-state index in [2.05, 4.69) is 15.8 Å². The Balaban J connectivity index is 2.37. The van der Waals surface area contributed by atoms with Gasteiger partial charge >= 0.3 is 0 Å². The highest BCUT2D eigenvalue weighted by atomic mass is 19.1. The van der Waals surface area contributed by atoms with E-state index in [1.165, 1.54) is 6.07 Å². The van der Waals surface area contributed by atoms with Gasteiger partial charge in [-0.05, 0) is 18.1 Å². The molecular weight excluding hydrogens is 263 g/mol. The van der Waals surface area contributed by atoms with Crippen LogP contribution in [-0.2, 0) is 11.2 Å². The number of hydrazone groups is 1. The van der Waals surface area contributed by atoms with Crippen LogP contribution in [-0.4, -0.2) is 17.5 Å². The topological polar surface area (TPSA) is 127 Å². The fraction of sp³-hybridized carbons (Fsp3) is 0.167. The summed E-state index contributed by atoms with van der Waals surface area (Å²) in [5.41, 5.74) is 8.55. The fourth-order valence-corrected chi connectivity index (χ4v) is 1.81. The Morgan fingerprint density at radius 2 is 2.30 bits per heavy atom. The number of nitriles is 1. The van der Waals surface area contributed by atoms with Crippen LogP contribution in [0.1, 0.15) is 12.0 Å². The van der Waals surface area contributed by atoms with Crippen LogP contribution < -0.4 is 16.5 Å². The van der Waals surface area contributed by atoms with Crippen molar-refractivity contribution in [2.45, 2.75) is 12.8 Å². The third kappa shape index (κ3) is 2.72. The number of nitrogens with zero attached hydrogens (tertiary/aromatic N) is 2. The number of amidine groups is 1. The minimum Gasteiger partial charge on any atom is -0.382 e. The lowest BCUT2D eigenvalue weighted by Gasteiger charge is -2.19. The van der Waals surface area contributed by atoms with E-state index in [0.717, 1.165) is 6.07 Å². The third-order valence-corrected chi connectivity index (χ3v) is 2.72. The van der Waals surface area contributed by atoms with Crippen molar-refractivity contribution in [2.24, 2.45) is 10.8 Å². The minimum atomic E-state index is -0.505. The van der Waals surface area contributed by atoms with Crippen molar-refractivity contribution in [3.63, 3.8) is 0 Å². The number of carbonyl (C=O) groups excluding carboxylic acids is 1. The summed E-state index contributed by atoms with van der Waals surface area (Å²) >= 11 is 0. The number of hydrogen-bond donors (Lipinski definition) is 4. The van der Waals surface area contributed by atoms with Gasteiger partial charge < -0.3 is 11.1 Å². The largest absolute Gasteiger partial charge is 0.382 e. The molecule has 0 saturated heterocycles. The molecule has 0 bridgehead atoms. The molecule has 0 saturated carbocycles. The van der Waals surface area contributed by atoms with Crippen LogP contribution in [0.5, 0.6) is 0 Å². The van der Waals surface area contributed by atoms with Crippen molar-refractivity contribution in [3.05, 3.63) is 23.5 Å². The van der Waals surface area contributed by atoms with E-state index >= 15 is 0 Å². The first-order chi connectivity index (χ1) is 9.51. The number of aryl methyl sites for hydroxylation is 1. The first-order valence-corrected chi connectivity index (χ1v) is 5.71. The predicted octanol–water partition coefficient (Wildman–Crippen LogP) is 0.938. The predicted molar refractivity (Wildman–Crippen MR) is 71.9 cm³/mol. The Morgan fingerprint density at radius 1 is 1.55 bits per heavy atom. The van der Waals surface area contributed by atoms with E-state index in [4.69, 9.17) is 16.4 Å². The number of nitrogens with one attached hydrogen (secondary N) is 3. The Hall–Kier alpha value is -2.95. The van der Waals surface area contributed by atoms with Crippen LogP contribution in [0.3, 0.4) is 0 Å². The summed E-state index contributed by atoms with van der Waals surface area (Å²) in [5, 5.41) is 22.1. The fourth-order valence-electron chi connectivity index (χ4n) is 1.81. The Kier molecular flexibility index (Phi) is 3.61. The van der Waals surface area contributed by atoms with E-state index < -0.39 is 11.7 Å². The molecular formula is C12H11FN6O. The average molecular weight is 274 g/mol. The second kappa shape index (κ2) is 5.36. The summed E-state index contributed by atoms with van der Waals surface area (Å²) < 4.78 is 13.5. The zero-order chi connectivity index (χ0) is 14.7. The van der Waals surface area contributed by atoms with Crippen molar-refractivity contribution in [1.29, 1.82) is 10.7 Å². The number of anilines is 2. The average Bonchev–Trinajstić information content (AvgIpc) is 2.39. The molecule has 0 unspecified atom stereocenters. The molecule has 1 aliphatic heterocycles. The molecule has 0 fully saturated rings. The molecule has 7 nitrogen and oxygen atoms in total. The van der Waals surface area contributed by atoms with Crippen LogP contribution in [0.4, 0.5) is 15.8 Å².